The fourth-order valence-corrected chi connectivity index (χ4v) is 4.90. The van der Waals surface area contributed by atoms with E-state index in [0.717, 1.165) is 16.7 Å². The SMILES string of the molecule is COc1c(Br)cc(/C=C2\SC(=O)N(CC(=O)Nc3ccccc3)C2=O)cc1Br. The zero-order valence-electron chi connectivity index (χ0n) is 14.6. The smallest absolute Gasteiger partial charge is 0.294 e. The number of methoxy groups -OCH3 is 1. The molecule has 0 spiro atoms. The number of benzene rings is 2. The van der Waals surface area contributed by atoms with Gasteiger partial charge in [-0.3, -0.25) is 19.3 Å². The van der Waals surface area contributed by atoms with Gasteiger partial charge in [-0.2, -0.15) is 0 Å². The monoisotopic (exact) mass is 524 g/mol. The van der Waals surface area contributed by atoms with E-state index >= 15 is 0 Å². The second kappa shape index (κ2) is 8.93. The molecule has 1 fully saturated rings. The molecule has 9 heteroatoms. The summed E-state index contributed by atoms with van der Waals surface area (Å²) in [6.07, 6.45) is 1.61. The Balaban J connectivity index is 1.74. The molecule has 3 amide bonds. The number of halogens is 2. The van der Waals surface area contributed by atoms with E-state index in [1.807, 2.05) is 6.07 Å². The average Bonchev–Trinajstić information content (AvgIpc) is 2.90. The topological polar surface area (TPSA) is 75.7 Å². The number of nitrogens with zero attached hydrogens (tertiary/aromatic N) is 1. The Bertz CT molecular complexity index is 956. The maximum absolute atomic E-state index is 12.6. The molecule has 1 saturated heterocycles. The van der Waals surface area contributed by atoms with Crippen molar-refractivity contribution in [3.63, 3.8) is 0 Å². The van der Waals surface area contributed by atoms with E-state index < -0.39 is 17.1 Å². The van der Waals surface area contributed by atoms with Gasteiger partial charge in [0.05, 0.1) is 21.0 Å². The number of amides is 3. The van der Waals surface area contributed by atoms with Gasteiger partial charge in [0.1, 0.15) is 12.3 Å². The fraction of sp³-hybridized carbons (Fsp3) is 0.105. The lowest BCUT2D eigenvalue weighted by molar-refractivity contribution is -0.127. The van der Waals surface area contributed by atoms with Crippen LogP contribution in [0.25, 0.3) is 6.08 Å². The first-order valence-electron chi connectivity index (χ1n) is 8.02. The largest absolute Gasteiger partial charge is 0.494 e. The molecule has 3 rings (SSSR count). The molecule has 0 atom stereocenters. The summed E-state index contributed by atoms with van der Waals surface area (Å²) in [6, 6.07) is 12.4. The summed E-state index contributed by atoms with van der Waals surface area (Å²) < 4.78 is 6.67. The number of anilines is 1. The summed E-state index contributed by atoms with van der Waals surface area (Å²) in [7, 11) is 1.55. The molecule has 0 saturated carbocycles. The molecular weight excluding hydrogens is 512 g/mol. The van der Waals surface area contributed by atoms with Crippen molar-refractivity contribution < 1.29 is 19.1 Å². The number of hydrogen-bond acceptors (Lipinski definition) is 5. The summed E-state index contributed by atoms with van der Waals surface area (Å²) in [5.41, 5.74) is 1.31. The number of hydrogen-bond donors (Lipinski definition) is 1. The molecule has 0 unspecified atom stereocenters. The molecule has 0 radical (unpaired) electrons. The van der Waals surface area contributed by atoms with Crippen LogP contribution in [0.3, 0.4) is 0 Å². The summed E-state index contributed by atoms with van der Waals surface area (Å²) in [5, 5.41) is 2.18. The van der Waals surface area contributed by atoms with Gasteiger partial charge in [-0.25, -0.2) is 0 Å². The molecule has 1 N–H and O–H groups in total. The fourth-order valence-electron chi connectivity index (χ4n) is 2.51. The standard InChI is InChI=1S/C19H14Br2N2O4S/c1-27-17-13(20)7-11(8-14(17)21)9-15-18(25)23(19(26)28-15)10-16(24)22-12-5-3-2-4-6-12/h2-9H,10H2,1H3,(H,22,24)/b15-9-. The van der Waals surface area contributed by atoms with Crippen LogP contribution in [0.1, 0.15) is 5.56 Å². The minimum atomic E-state index is -0.499. The molecule has 1 heterocycles. The summed E-state index contributed by atoms with van der Waals surface area (Å²) >= 11 is 7.61. The van der Waals surface area contributed by atoms with E-state index in [1.165, 1.54) is 0 Å². The van der Waals surface area contributed by atoms with Crippen molar-refractivity contribution in [2.75, 3.05) is 19.0 Å². The molecule has 0 aliphatic carbocycles. The first-order valence-corrected chi connectivity index (χ1v) is 10.4. The predicted molar refractivity (Wildman–Crippen MR) is 116 cm³/mol. The maximum Gasteiger partial charge on any atom is 0.294 e. The number of rotatable bonds is 5. The molecule has 0 aromatic heterocycles. The first kappa shape index (κ1) is 20.6. The highest BCUT2D eigenvalue weighted by Crippen LogP contribution is 2.37. The Morgan fingerprint density at radius 2 is 1.82 bits per heavy atom. The van der Waals surface area contributed by atoms with Crippen LogP contribution in [0.2, 0.25) is 0 Å². The summed E-state index contributed by atoms with van der Waals surface area (Å²) in [4.78, 5) is 38.2. The quantitative estimate of drug-likeness (QED) is 0.562. The highest BCUT2D eigenvalue weighted by molar-refractivity contribution is 9.11. The van der Waals surface area contributed by atoms with E-state index in [9.17, 15) is 14.4 Å². The normalized spacial score (nSPS) is 15.2. The van der Waals surface area contributed by atoms with Gasteiger partial charge >= 0.3 is 0 Å². The van der Waals surface area contributed by atoms with Crippen molar-refractivity contribution in [3.8, 4) is 5.75 Å². The van der Waals surface area contributed by atoms with Crippen molar-refractivity contribution in [3.05, 3.63) is 61.9 Å². The van der Waals surface area contributed by atoms with Crippen molar-refractivity contribution in [1.29, 1.82) is 0 Å². The Kier molecular flexibility index (Phi) is 6.58. The highest BCUT2D eigenvalue weighted by Gasteiger charge is 2.36. The van der Waals surface area contributed by atoms with Crippen molar-refractivity contribution in [2.24, 2.45) is 0 Å². The number of nitrogens with one attached hydrogen (secondary N) is 1. The molecule has 2 aromatic rings. The summed E-state index contributed by atoms with van der Waals surface area (Å²) in [5.74, 6) is -0.311. The maximum atomic E-state index is 12.6. The molecule has 2 aromatic carbocycles. The third-order valence-electron chi connectivity index (χ3n) is 3.76. The predicted octanol–water partition coefficient (Wildman–Crippen LogP) is 4.90. The van der Waals surface area contributed by atoms with Gasteiger partial charge in [0.25, 0.3) is 11.1 Å². The van der Waals surface area contributed by atoms with Gasteiger partial charge in [-0.05, 0) is 79.5 Å². The Labute approximate surface area is 182 Å². The van der Waals surface area contributed by atoms with E-state index in [4.69, 9.17) is 4.74 Å². The van der Waals surface area contributed by atoms with Crippen LogP contribution in [0, 0.1) is 0 Å². The molecular formula is C19H14Br2N2O4S. The first-order chi connectivity index (χ1) is 13.4. The highest BCUT2D eigenvalue weighted by atomic mass is 79.9. The minimum Gasteiger partial charge on any atom is -0.494 e. The van der Waals surface area contributed by atoms with Crippen LogP contribution in [0.15, 0.2) is 56.3 Å². The van der Waals surface area contributed by atoms with Crippen LogP contribution in [-0.4, -0.2) is 35.6 Å². The molecule has 0 bridgehead atoms. The van der Waals surface area contributed by atoms with Crippen LogP contribution in [0.5, 0.6) is 5.75 Å². The molecule has 1 aliphatic rings. The van der Waals surface area contributed by atoms with E-state index in [1.54, 1.807) is 49.6 Å². The average molecular weight is 526 g/mol. The third kappa shape index (κ3) is 4.65. The van der Waals surface area contributed by atoms with E-state index in [0.29, 0.717) is 25.9 Å². The van der Waals surface area contributed by atoms with E-state index in [2.05, 4.69) is 37.2 Å². The van der Waals surface area contributed by atoms with Crippen molar-refractivity contribution in [2.45, 2.75) is 0 Å². The Morgan fingerprint density at radius 1 is 1.18 bits per heavy atom. The van der Waals surface area contributed by atoms with Gasteiger partial charge in [0, 0.05) is 5.69 Å². The van der Waals surface area contributed by atoms with Crippen molar-refractivity contribution >= 4 is 72.4 Å². The lowest BCUT2D eigenvalue weighted by atomic mass is 10.2. The van der Waals surface area contributed by atoms with Gasteiger partial charge in [0.2, 0.25) is 5.91 Å². The number of imide groups is 1. The number of carbonyl (C=O) groups excluding carboxylic acids is 3. The Morgan fingerprint density at radius 3 is 2.43 bits per heavy atom. The van der Waals surface area contributed by atoms with Gasteiger partial charge in [-0.1, -0.05) is 18.2 Å². The molecule has 28 heavy (non-hydrogen) atoms. The van der Waals surface area contributed by atoms with Crippen LogP contribution in [-0.2, 0) is 9.59 Å². The third-order valence-corrected chi connectivity index (χ3v) is 5.84. The van der Waals surface area contributed by atoms with Gasteiger partial charge in [0.15, 0.2) is 0 Å². The molecule has 6 nitrogen and oxygen atoms in total. The zero-order chi connectivity index (χ0) is 20.3. The molecule has 144 valence electrons. The summed E-state index contributed by atoms with van der Waals surface area (Å²) in [6.45, 7) is -0.340. The number of para-hydroxylation sites is 1. The Hall–Kier alpha value is -2.10. The number of ether oxygens (including phenoxy) is 1. The molecule has 1 aliphatic heterocycles. The second-order valence-electron chi connectivity index (χ2n) is 5.70. The van der Waals surface area contributed by atoms with Gasteiger partial charge < -0.3 is 10.1 Å². The number of carbonyl (C=O) groups is 3. The van der Waals surface area contributed by atoms with Crippen LogP contribution >= 0.6 is 43.6 Å². The van der Waals surface area contributed by atoms with Crippen LogP contribution < -0.4 is 10.1 Å². The second-order valence-corrected chi connectivity index (χ2v) is 8.40. The minimum absolute atomic E-state index is 0.251. The lowest BCUT2D eigenvalue weighted by Gasteiger charge is -2.12. The van der Waals surface area contributed by atoms with Crippen molar-refractivity contribution in [1.82, 2.24) is 4.90 Å². The van der Waals surface area contributed by atoms with Crippen LogP contribution in [0.4, 0.5) is 10.5 Å². The lowest BCUT2D eigenvalue weighted by Crippen LogP contribution is -2.36. The van der Waals surface area contributed by atoms with E-state index in [-0.39, 0.29) is 11.4 Å². The van der Waals surface area contributed by atoms with Gasteiger partial charge in [-0.15, -0.1) is 0 Å². The zero-order valence-corrected chi connectivity index (χ0v) is 18.6. The number of thioether (sulfide) groups is 1.